The van der Waals surface area contributed by atoms with Gasteiger partial charge in [0, 0.05) is 5.75 Å². The maximum Gasteiger partial charge on any atom is 0.328 e. The van der Waals surface area contributed by atoms with Gasteiger partial charge >= 0.3 is 5.97 Å². The fraction of sp³-hybridized carbons (Fsp3) is 0.778. The number of carbonyl (C=O) groups excluding carboxylic acids is 3. The number of aliphatic hydroxyl groups is 1. The molecule has 5 atom stereocenters. The molecule has 0 fully saturated rings. The van der Waals surface area contributed by atoms with Gasteiger partial charge in [0.05, 0.1) is 12.1 Å². The van der Waals surface area contributed by atoms with Crippen molar-refractivity contribution in [1.82, 2.24) is 16.0 Å². The number of thiol groups is 1. The topological polar surface area (TPSA) is 171 Å². The van der Waals surface area contributed by atoms with E-state index in [0.717, 1.165) is 0 Å². The Morgan fingerprint density at radius 2 is 1.38 bits per heavy atom. The van der Waals surface area contributed by atoms with E-state index in [1.165, 1.54) is 6.92 Å². The van der Waals surface area contributed by atoms with Gasteiger partial charge in [-0.25, -0.2) is 4.79 Å². The Kier molecular flexibility index (Phi) is 11.8. The lowest BCUT2D eigenvalue weighted by Crippen LogP contribution is -2.59. The summed E-state index contributed by atoms with van der Waals surface area (Å²) >= 11 is 4.03. The summed E-state index contributed by atoms with van der Waals surface area (Å²) in [6.45, 7) is 8.53. The van der Waals surface area contributed by atoms with E-state index in [-0.39, 0.29) is 17.6 Å². The van der Waals surface area contributed by atoms with E-state index in [9.17, 15) is 24.3 Å². The first kappa shape index (κ1) is 27.1. The molecule has 0 aliphatic rings. The van der Waals surface area contributed by atoms with Crippen LogP contribution < -0.4 is 21.7 Å². The lowest BCUT2D eigenvalue weighted by atomic mass is 10.0. The molecule has 168 valence electrons. The minimum atomic E-state index is -1.53. The fourth-order valence-electron chi connectivity index (χ4n) is 2.38. The van der Waals surface area contributed by atoms with Crippen LogP contribution in [0.25, 0.3) is 0 Å². The van der Waals surface area contributed by atoms with E-state index in [4.69, 9.17) is 10.8 Å². The van der Waals surface area contributed by atoms with Crippen LogP contribution in [0.3, 0.4) is 0 Å². The third-order valence-corrected chi connectivity index (χ3v) is 4.59. The lowest BCUT2D eigenvalue weighted by molar-refractivity contribution is -0.145. The van der Waals surface area contributed by atoms with E-state index < -0.39 is 54.0 Å². The summed E-state index contributed by atoms with van der Waals surface area (Å²) in [5.74, 6) is -3.48. The number of hydrogen-bond donors (Lipinski definition) is 7. The van der Waals surface area contributed by atoms with Crippen LogP contribution in [-0.2, 0) is 19.2 Å². The molecule has 0 aliphatic carbocycles. The van der Waals surface area contributed by atoms with E-state index >= 15 is 0 Å². The Labute approximate surface area is 176 Å². The largest absolute Gasteiger partial charge is 0.480 e. The van der Waals surface area contributed by atoms with Gasteiger partial charge in [-0.2, -0.15) is 12.6 Å². The average molecular weight is 435 g/mol. The Hall–Kier alpha value is -1.85. The number of nitrogens with two attached hydrogens (primary N) is 1. The number of carboxylic acid groups (broad SMARTS) is 1. The molecule has 0 heterocycles. The molecule has 0 radical (unpaired) electrons. The summed E-state index contributed by atoms with van der Waals surface area (Å²) in [7, 11) is 0. The Morgan fingerprint density at radius 3 is 1.76 bits per heavy atom. The summed E-state index contributed by atoms with van der Waals surface area (Å²) in [6.07, 6.45) is -1.02. The van der Waals surface area contributed by atoms with Crippen LogP contribution in [0.5, 0.6) is 0 Å². The SMILES string of the molecule is CC(C)CC(NC(=O)C(N)C(C)C)C(=O)NC(CS)C(=O)NC(C(=O)O)C(C)O. The normalized spacial score (nSPS) is 16.5. The Balaban J connectivity index is 5.25. The summed E-state index contributed by atoms with van der Waals surface area (Å²) in [5, 5.41) is 25.8. The summed E-state index contributed by atoms with van der Waals surface area (Å²) < 4.78 is 0. The van der Waals surface area contributed by atoms with E-state index in [0.29, 0.717) is 6.42 Å². The van der Waals surface area contributed by atoms with Gasteiger partial charge in [-0.3, -0.25) is 14.4 Å². The molecule has 0 rings (SSSR count). The highest BCUT2D eigenvalue weighted by molar-refractivity contribution is 7.80. The smallest absolute Gasteiger partial charge is 0.328 e. The van der Waals surface area contributed by atoms with Crippen molar-refractivity contribution in [3.05, 3.63) is 0 Å². The highest BCUT2D eigenvalue weighted by atomic mass is 32.1. The van der Waals surface area contributed by atoms with Gasteiger partial charge < -0.3 is 31.9 Å². The number of nitrogens with one attached hydrogen (secondary N) is 3. The molecule has 0 saturated carbocycles. The zero-order chi connectivity index (χ0) is 22.9. The van der Waals surface area contributed by atoms with E-state index in [2.05, 4.69) is 28.6 Å². The molecule has 0 aromatic carbocycles. The monoisotopic (exact) mass is 434 g/mol. The quantitative estimate of drug-likeness (QED) is 0.190. The van der Waals surface area contributed by atoms with Crippen LogP contribution in [0, 0.1) is 11.8 Å². The van der Waals surface area contributed by atoms with Crippen molar-refractivity contribution >= 4 is 36.3 Å². The molecule has 10 nitrogen and oxygen atoms in total. The van der Waals surface area contributed by atoms with Crippen LogP contribution in [0.2, 0.25) is 0 Å². The molecule has 3 amide bonds. The fourth-order valence-corrected chi connectivity index (χ4v) is 2.64. The highest BCUT2D eigenvalue weighted by Gasteiger charge is 2.31. The molecule has 5 unspecified atom stereocenters. The van der Waals surface area contributed by atoms with Gasteiger partial charge in [-0.05, 0) is 25.2 Å². The van der Waals surface area contributed by atoms with Gasteiger partial charge in [0.1, 0.15) is 12.1 Å². The third-order valence-electron chi connectivity index (χ3n) is 4.22. The van der Waals surface area contributed by atoms with Crippen LogP contribution in [0.4, 0.5) is 0 Å². The molecule has 0 aliphatic heterocycles. The van der Waals surface area contributed by atoms with E-state index in [1.807, 2.05) is 13.8 Å². The molecule has 0 spiro atoms. The number of hydrogen-bond acceptors (Lipinski definition) is 7. The third kappa shape index (κ3) is 9.46. The molecule has 29 heavy (non-hydrogen) atoms. The molecular weight excluding hydrogens is 400 g/mol. The van der Waals surface area contributed by atoms with Gasteiger partial charge in [-0.1, -0.05) is 27.7 Å². The predicted octanol–water partition coefficient (Wildman–Crippen LogP) is -1.13. The van der Waals surface area contributed by atoms with Gasteiger partial charge in [0.2, 0.25) is 17.7 Å². The van der Waals surface area contributed by atoms with Crippen molar-refractivity contribution in [3.63, 3.8) is 0 Å². The second-order valence-corrected chi connectivity index (χ2v) is 8.13. The number of aliphatic carboxylic acids is 1. The number of aliphatic hydroxyl groups excluding tert-OH is 1. The van der Waals surface area contributed by atoms with E-state index in [1.54, 1.807) is 13.8 Å². The second-order valence-electron chi connectivity index (χ2n) is 7.77. The first-order valence-corrected chi connectivity index (χ1v) is 10.1. The lowest BCUT2D eigenvalue weighted by Gasteiger charge is -2.26. The minimum absolute atomic E-state index is 0.0660. The number of carbonyl (C=O) groups is 4. The van der Waals surface area contributed by atoms with Crippen LogP contribution in [0.1, 0.15) is 41.0 Å². The summed E-state index contributed by atoms with van der Waals surface area (Å²) in [6, 6.07) is -4.40. The van der Waals surface area contributed by atoms with Gasteiger partial charge in [-0.15, -0.1) is 0 Å². The van der Waals surface area contributed by atoms with Crippen LogP contribution >= 0.6 is 12.6 Å². The zero-order valence-electron chi connectivity index (χ0n) is 17.5. The maximum atomic E-state index is 12.7. The van der Waals surface area contributed by atoms with Crippen molar-refractivity contribution in [2.75, 3.05) is 5.75 Å². The highest BCUT2D eigenvalue weighted by Crippen LogP contribution is 2.08. The maximum absolute atomic E-state index is 12.7. The number of carboxylic acids is 1. The van der Waals surface area contributed by atoms with Gasteiger partial charge in [0.25, 0.3) is 0 Å². The number of rotatable bonds is 12. The summed E-state index contributed by atoms with van der Waals surface area (Å²) in [4.78, 5) is 48.4. The standard InChI is InChI=1S/C18H34N4O6S/c1-8(2)6-11(20-17(26)13(19)9(3)4)15(24)21-12(7-29)16(25)22-14(10(5)23)18(27)28/h8-14,23,29H,6-7,19H2,1-5H3,(H,20,26)(H,21,24)(H,22,25)(H,27,28). The summed E-state index contributed by atoms with van der Waals surface area (Å²) in [5.41, 5.74) is 5.83. The molecule has 7 N–H and O–H groups in total. The average Bonchev–Trinajstić information content (AvgIpc) is 2.61. The molecular formula is C18H34N4O6S. The second kappa shape index (κ2) is 12.7. The van der Waals surface area contributed by atoms with Crippen LogP contribution in [-0.4, -0.2) is 69.9 Å². The molecule has 11 heteroatoms. The van der Waals surface area contributed by atoms with Crippen molar-refractivity contribution < 1.29 is 29.4 Å². The minimum Gasteiger partial charge on any atom is -0.480 e. The zero-order valence-corrected chi connectivity index (χ0v) is 18.4. The van der Waals surface area contributed by atoms with Gasteiger partial charge in [0.15, 0.2) is 6.04 Å². The Morgan fingerprint density at radius 1 is 0.897 bits per heavy atom. The first-order chi connectivity index (χ1) is 13.3. The molecule has 0 bridgehead atoms. The van der Waals surface area contributed by atoms with Crippen molar-refractivity contribution in [2.24, 2.45) is 17.6 Å². The number of amides is 3. The molecule has 0 aromatic rings. The predicted molar refractivity (Wildman–Crippen MR) is 111 cm³/mol. The van der Waals surface area contributed by atoms with Crippen molar-refractivity contribution in [1.29, 1.82) is 0 Å². The molecule has 0 aromatic heterocycles. The van der Waals surface area contributed by atoms with Crippen molar-refractivity contribution in [2.45, 2.75) is 71.3 Å². The first-order valence-electron chi connectivity index (χ1n) is 9.50. The Bertz CT molecular complexity index is 585. The van der Waals surface area contributed by atoms with Crippen molar-refractivity contribution in [3.8, 4) is 0 Å². The molecule has 0 saturated heterocycles. The van der Waals surface area contributed by atoms with Crippen LogP contribution in [0.15, 0.2) is 0 Å².